The van der Waals surface area contributed by atoms with Crippen molar-refractivity contribution in [1.82, 2.24) is 10.2 Å². The minimum absolute atomic E-state index is 0.0278. The molecule has 1 saturated carbocycles. The summed E-state index contributed by atoms with van der Waals surface area (Å²) < 4.78 is 5.95. The van der Waals surface area contributed by atoms with E-state index in [-0.39, 0.29) is 17.9 Å². The number of nitrogens with one attached hydrogen (secondary N) is 1. The Morgan fingerprint density at radius 1 is 1.00 bits per heavy atom. The molecule has 4 rings (SSSR count). The Kier molecular flexibility index (Phi) is 5.56. The van der Waals surface area contributed by atoms with Crippen molar-refractivity contribution in [3.63, 3.8) is 0 Å². The number of benzene rings is 2. The van der Waals surface area contributed by atoms with Gasteiger partial charge in [-0.25, -0.2) is 0 Å². The van der Waals surface area contributed by atoms with Crippen LogP contribution in [-0.4, -0.2) is 41.9 Å². The lowest BCUT2D eigenvalue weighted by Crippen LogP contribution is -2.39. The molecule has 1 atom stereocenters. The first-order chi connectivity index (χ1) is 14.0. The number of ether oxygens (including phenoxy) is 1. The van der Waals surface area contributed by atoms with E-state index in [1.807, 2.05) is 42.2 Å². The summed E-state index contributed by atoms with van der Waals surface area (Å²) in [4.78, 5) is 27.0. The maximum Gasteiger partial charge on any atom is 0.254 e. The third-order valence-corrected chi connectivity index (χ3v) is 5.86. The number of amides is 2. The predicted molar refractivity (Wildman–Crippen MR) is 112 cm³/mol. The molecule has 1 N–H and O–H groups in total. The Hall–Kier alpha value is -2.82. The summed E-state index contributed by atoms with van der Waals surface area (Å²) in [5, 5.41) is 2.98. The summed E-state index contributed by atoms with van der Waals surface area (Å²) in [5.74, 6) is 0.768. The van der Waals surface area contributed by atoms with Crippen molar-refractivity contribution in [3.8, 4) is 5.75 Å². The Balaban J connectivity index is 1.35. The van der Waals surface area contributed by atoms with E-state index in [9.17, 15) is 9.59 Å². The van der Waals surface area contributed by atoms with E-state index in [0.29, 0.717) is 18.2 Å². The minimum atomic E-state index is -0.0278. The zero-order valence-electron chi connectivity index (χ0n) is 17.1. The van der Waals surface area contributed by atoms with Gasteiger partial charge in [0.25, 0.3) is 11.8 Å². The predicted octanol–water partition coefficient (Wildman–Crippen LogP) is 3.88. The molecule has 2 amide bonds. The number of rotatable bonds is 6. The van der Waals surface area contributed by atoms with Gasteiger partial charge in [0.15, 0.2) is 0 Å². The molecule has 29 heavy (non-hydrogen) atoms. The van der Waals surface area contributed by atoms with Gasteiger partial charge in [-0.1, -0.05) is 6.07 Å². The second-order valence-corrected chi connectivity index (χ2v) is 8.18. The molecule has 2 fully saturated rings. The van der Waals surface area contributed by atoms with Crippen LogP contribution in [0.1, 0.15) is 57.5 Å². The first kappa shape index (κ1) is 19.5. The van der Waals surface area contributed by atoms with Crippen LogP contribution in [0.2, 0.25) is 0 Å². The van der Waals surface area contributed by atoms with E-state index in [2.05, 4.69) is 12.2 Å². The molecule has 1 unspecified atom stereocenters. The Morgan fingerprint density at radius 2 is 1.72 bits per heavy atom. The summed E-state index contributed by atoms with van der Waals surface area (Å²) in [7, 11) is 0. The quantitative estimate of drug-likeness (QED) is 0.812. The summed E-state index contributed by atoms with van der Waals surface area (Å²) in [6.45, 7) is 5.31. The largest absolute Gasteiger partial charge is 0.491 e. The summed E-state index contributed by atoms with van der Waals surface area (Å²) in [5.41, 5.74) is 3.72. The standard InChI is InChI=1S/C24H28N2O3/c1-16-5-6-19(14-17(16)2)24(28)26-13-3-4-21(26)15-29-22-11-7-18(8-12-22)23(27)25-20-9-10-20/h5-8,11-12,14,20-21H,3-4,9-10,13,15H2,1-2H3,(H,25,27). The smallest absolute Gasteiger partial charge is 0.254 e. The van der Waals surface area contributed by atoms with E-state index < -0.39 is 0 Å². The molecule has 1 saturated heterocycles. The minimum Gasteiger partial charge on any atom is -0.491 e. The molecule has 2 aromatic rings. The highest BCUT2D eigenvalue weighted by atomic mass is 16.5. The fourth-order valence-electron chi connectivity index (χ4n) is 3.71. The van der Waals surface area contributed by atoms with Crippen molar-refractivity contribution in [1.29, 1.82) is 0 Å². The van der Waals surface area contributed by atoms with Crippen LogP contribution in [0.25, 0.3) is 0 Å². The summed E-state index contributed by atoms with van der Waals surface area (Å²) in [6.07, 6.45) is 4.08. The molecule has 1 aliphatic carbocycles. The normalized spacial score (nSPS) is 18.6. The highest BCUT2D eigenvalue weighted by Crippen LogP contribution is 2.23. The molecule has 2 aromatic carbocycles. The lowest BCUT2D eigenvalue weighted by molar-refractivity contribution is 0.0691. The maximum atomic E-state index is 13.0. The molecule has 1 aliphatic heterocycles. The monoisotopic (exact) mass is 392 g/mol. The number of carbonyl (C=O) groups excluding carboxylic acids is 2. The van der Waals surface area contributed by atoms with Crippen LogP contribution < -0.4 is 10.1 Å². The Morgan fingerprint density at radius 3 is 2.41 bits per heavy atom. The van der Waals surface area contributed by atoms with Gasteiger partial charge in [-0.15, -0.1) is 0 Å². The zero-order chi connectivity index (χ0) is 20.4. The van der Waals surface area contributed by atoms with Crippen molar-refractivity contribution in [2.24, 2.45) is 0 Å². The number of hydrogen-bond acceptors (Lipinski definition) is 3. The van der Waals surface area contributed by atoms with Gasteiger partial charge < -0.3 is 15.0 Å². The van der Waals surface area contributed by atoms with Gasteiger partial charge in [0, 0.05) is 23.7 Å². The number of likely N-dealkylation sites (tertiary alicyclic amines) is 1. The number of carbonyl (C=O) groups is 2. The van der Waals surface area contributed by atoms with Gasteiger partial charge in [0.05, 0.1) is 6.04 Å². The molecule has 0 aromatic heterocycles. The van der Waals surface area contributed by atoms with Crippen molar-refractivity contribution < 1.29 is 14.3 Å². The average Bonchev–Trinajstić information content (AvgIpc) is 3.41. The molecule has 5 heteroatoms. The van der Waals surface area contributed by atoms with Crippen molar-refractivity contribution in [2.75, 3.05) is 13.2 Å². The van der Waals surface area contributed by atoms with Crippen LogP contribution in [-0.2, 0) is 0 Å². The van der Waals surface area contributed by atoms with Gasteiger partial charge in [0.1, 0.15) is 12.4 Å². The van der Waals surface area contributed by atoms with Crippen molar-refractivity contribution in [2.45, 2.75) is 51.6 Å². The molecular weight excluding hydrogens is 364 g/mol. The Labute approximate surface area is 172 Å². The van der Waals surface area contributed by atoms with Crippen molar-refractivity contribution in [3.05, 3.63) is 64.7 Å². The molecule has 0 radical (unpaired) electrons. The zero-order valence-corrected chi connectivity index (χ0v) is 17.1. The Bertz CT molecular complexity index is 903. The third-order valence-electron chi connectivity index (χ3n) is 5.86. The van der Waals surface area contributed by atoms with E-state index in [1.165, 1.54) is 5.56 Å². The fraction of sp³-hybridized carbons (Fsp3) is 0.417. The van der Waals surface area contributed by atoms with Crippen LogP contribution in [0.3, 0.4) is 0 Å². The lowest BCUT2D eigenvalue weighted by atomic mass is 10.1. The van der Waals surface area contributed by atoms with Crippen LogP contribution in [0.15, 0.2) is 42.5 Å². The van der Waals surface area contributed by atoms with Crippen LogP contribution >= 0.6 is 0 Å². The van der Waals surface area contributed by atoms with E-state index in [4.69, 9.17) is 4.74 Å². The van der Waals surface area contributed by atoms with Crippen LogP contribution in [0, 0.1) is 13.8 Å². The fourth-order valence-corrected chi connectivity index (χ4v) is 3.71. The highest BCUT2D eigenvalue weighted by molar-refractivity contribution is 5.95. The number of hydrogen-bond donors (Lipinski definition) is 1. The maximum absolute atomic E-state index is 13.0. The topological polar surface area (TPSA) is 58.6 Å². The highest BCUT2D eigenvalue weighted by Gasteiger charge is 2.30. The van der Waals surface area contributed by atoms with Gasteiger partial charge in [-0.05, 0) is 87.1 Å². The second-order valence-electron chi connectivity index (χ2n) is 8.18. The first-order valence-corrected chi connectivity index (χ1v) is 10.4. The first-order valence-electron chi connectivity index (χ1n) is 10.4. The van der Waals surface area contributed by atoms with Crippen LogP contribution in [0.4, 0.5) is 0 Å². The van der Waals surface area contributed by atoms with Gasteiger partial charge in [-0.3, -0.25) is 9.59 Å². The van der Waals surface area contributed by atoms with Gasteiger partial charge >= 0.3 is 0 Å². The van der Waals surface area contributed by atoms with Crippen molar-refractivity contribution >= 4 is 11.8 Å². The van der Waals surface area contributed by atoms with E-state index in [1.54, 1.807) is 12.1 Å². The van der Waals surface area contributed by atoms with E-state index in [0.717, 1.165) is 49.1 Å². The molecule has 0 spiro atoms. The van der Waals surface area contributed by atoms with Gasteiger partial charge in [0.2, 0.25) is 0 Å². The second kappa shape index (κ2) is 8.27. The third kappa shape index (κ3) is 4.61. The molecular formula is C24H28N2O3. The van der Waals surface area contributed by atoms with E-state index >= 15 is 0 Å². The lowest BCUT2D eigenvalue weighted by Gasteiger charge is -2.25. The SMILES string of the molecule is Cc1ccc(C(=O)N2CCCC2COc2ccc(C(=O)NC3CC3)cc2)cc1C. The molecule has 2 aliphatic rings. The molecule has 152 valence electrons. The molecule has 1 heterocycles. The molecule has 0 bridgehead atoms. The molecule has 5 nitrogen and oxygen atoms in total. The van der Waals surface area contributed by atoms with Gasteiger partial charge in [-0.2, -0.15) is 0 Å². The van der Waals surface area contributed by atoms with Crippen LogP contribution in [0.5, 0.6) is 5.75 Å². The average molecular weight is 392 g/mol. The summed E-state index contributed by atoms with van der Waals surface area (Å²) >= 11 is 0. The number of nitrogens with zero attached hydrogens (tertiary/aromatic N) is 1. The summed E-state index contributed by atoms with van der Waals surface area (Å²) in [6, 6.07) is 13.5. The number of aryl methyl sites for hydroxylation is 2.